The van der Waals surface area contributed by atoms with Gasteiger partial charge in [-0.2, -0.15) is 0 Å². The molecule has 1 aromatic heterocycles. The minimum atomic E-state index is -0.726. The van der Waals surface area contributed by atoms with Crippen LogP contribution in [0.1, 0.15) is 26.2 Å². The Morgan fingerprint density at radius 2 is 2.33 bits per heavy atom. The lowest BCUT2D eigenvalue weighted by Gasteiger charge is -2.43. The van der Waals surface area contributed by atoms with E-state index in [0.29, 0.717) is 36.3 Å². The summed E-state index contributed by atoms with van der Waals surface area (Å²) in [5, 5.41) is 11.1. The molecule has 3 rings (SSSR count). The predicted molar refractivity (Wildman–Crippen MR) is 81.4 cm³/mol. The molecule has 2 fully saturated rings. The number of halogens is 1. The maximum absolute atomic E-state index is 10.7. The summed E-state index contributed by atoms with van der Waals surface area (Å²) in [6.45, 7) is 3.92. The molecule has 0 aromatic carbocycles. The number of rotatable bonds is 2. The number of nitrogen functional groups attached to an aromatic ring is 1. The van der Waals surface area contributed by atoms with Gasteiger partial charge in [0.1, 0.15) is 17.2 Å². The van der Waals surface area contributed by atoms with E-state index < -0.39 is 5.60 Å². The van der Waals surface area contributed by atoms with Gasteiger partial charge in [-0.3, -0.25) is 0 Å². The molecule has 0 aliphatic carbocycles. The van der Waals surface area contributed by atoms with Crippen molar-refractivity contribution in [2.45, 2.75) is 37.8 Å². The lowest BCUT2D eigenvalue weighted by Crippen LogP contribution is -2.52. The van der Waals surface area contributed by atoms with Crippen LogP contribution in [0.25, 0.3) is 0 Å². The van der Waals surface area contributed by atoms with E-state index in [1.807, 2.05) is 6.92 Å². The van der Waals surface area contributed by atoms with Crippen LogP contribution in [0.4, 0.5) is 11.6 Å². The third-order valence-corrected chi connectivity index (χ3v) is 5.05. The van der Waals surface area contributed by atoms with Gasteiger partial charge in [0.2, 0.25) is 0 Å². The number of hydrogen-bond donors (Lipinski definition) is 2. The highest BCUT2D eigenvalue weighted by Crippen LogP contribution is 2.39. The van der Waals surface area contributed by atoms with Gasteiger partial charge in [-0.1, -0.05) is 11.6 Å². The summed E-state index contributed by atoms with van der Waals surface area (Å²) < 4.78 is 5.59. The maximum atomic E-state index is 10.7. The summed E-state index contributed by atoms with van der Waals surface area (Å²) in [7, 11) is 0. The lowest BCUT2D eigenvalue weighted by molar-refractivity contribution is -0.108. The van der Waals surface area contributed by atoms with Crippen LogP contribution in [0.3, 0.4) is 0 Å². The van der Waals surface area contributed by atoms with Crippen LogP contribution in [-0.2, 0) is 4.74 Å². The van der Waals surface area contributed by atoms with Gasteiger partial charge in [0.25, 0.3) is 0 Å². The molecule has 2 saturated heterocycles. The van der Waals surface area contributed by atoms with Crippen LogP contribution in [-0.4, -0.2) is 46.5 Å². The molecule has 0 bridgehead atoms. The second kappa shape index (κ2) is 5.59. The minimum absolute atomic E-state index is 0.0426. The van der Waals surface area contributed by atoms with Crippen molar-refractivity contribution >= 4 is 23.2 Å². The Morgan fingerprint density at radius 3 is 3.10 bits per heavy atom. The smallest absolute Gasteiger partial charge is 0.153 e. The van der Waals surface area contributed by atoms with Crippen LogP contribution < -0.4 is 10.6 Å². The zero-order valence-electron chi connectivity index (χ0n) is 12.1. The van der Waals surface area contributed by atoms with E-state index >= 15 is 0 Å². The van der Waals surface area contributed by atoms with Gasteiger partial charge in [-0.15, -0.1) is 0 Å². The van der Waals surface area contributed by atoms with Gasteiger partial charge in [0, 0.05) is 25.1 Å². The summed E-state index contributed by atoms with van der Waals surface area (Å²) in [5.74, 6) is 0.994. The van der Waals surface area contributed by atoms with Crippen LogP contribution in [0, 0.1) is 5.92 Å². The molecule has 2 aliphatic heterocycles. The van der Waals surface area contributed by atoms with Crippen molar-refractivity contribution < 1.29 is 9.84 Å². The van der Waals surface area contributed by atoms with Crippen molar-refractivity contribution in [3.05, 3.63) is 11.3 Å². The highest BCUT2D eigenvalue weighted by atomic mass is 35.5. The van der Waals surface area contributed by atoms with Gasteiger partial charge in [0.15, 0.2) is 5.82 Å². The number of ether oxygens (including phenoxy) is 1. The number of nitrogens with two attached hydrogens (primary N) is 1. The molecule has 116 valence electrons. The molecule has 2 aliphatic rings. The Hall–Kier alpha value is -1.11. The van der Waals surface area contributed by atoms with Gasteiger partial charge in [0.05, 0.1) is 12.2 Å². The molecule has 6 nitrogen and oxygen atoms in total. The van der Waals surface area contributed by atoms with E-state index in [9.17, 15) is 5.11 Å². The minimum Gasteiger partial charge on any atom is -0.390 e. The average Bonchev–Trinajstić information content (AvgIpc) is 2.90. The first-order chi connectivity index (χ1) is 10.0. The number of nitrogens with zero attached hydrogens (tertiary/aromatic N) is 3. The quantitative estimate of drug-likeness (QED) is 0.860. The first kappa shape index (κ1) is 14.8. The first-order valence-electron chi connectivity index (χ1n) is 7.33. The molecular weight excluding hydrogens is 292 g/mol. The lowest BCUT2D eigenvalue weighted by atomic mass is 9.79. The second-order valence-electron chi connectivity index (χ2n) is 6.09. The van der Waals surface area contributed by atoms with Gasteiger partial charge in [-0.25, -0.2) is 9.97 Å². The molecule has 21 heavy (non-hydrogen) atoms. The predicted octanol–water partition coefficient (Wildman–Crippen LogP) is 1.47. The van der Waals surface area contributed by atoms with Crippen LogP contribution in [0.15, 0.2) is 6.33 Å². The number of aliphatic hydroxyl groups is 1. The van der Waals surface area contributed by atoms with Crippen molar-refractivity contribution in [2.24, 2.45) is 5.92 Å². The molecule has 3 heterocycles. The molecule has 0 amide bonds. The average molecular weight is 313 g/mol. The van der Waals surface area contributed by atoms with Gasteiger partial charge < -0.3 is 20.5 Å². The Kier molecular flexibility index (Phi) is 3.94. The summed E-state index contributed by atoms with van der Waals surface area (Å²) in [6.07, 6.45) is 4.12. The van der Waals surface area contributed by atoms with Crippen molar-refractivity contribution in [3.63, 3.8) is 0 Å². The van der Waals surface area contributed by atoms with E-state index in [0.717, 1.165) is 19.4 Å². The SMILES string of the molecule is C[C@]1(O)CCOC[C@@H]1[C@H]1CCCN1c1ncnc(N)c1Cl. The van der Waals surface area contributed by atoms with Crippen molar-refractivity contribution in [1.82, 2.24) is 9.97 Å². The van der Waals surface area contributed by atoms with Crippen LogP contribution in [0.2, 0.25) is 5.02 Å². The topological polar surface area (TPSA) is 84.5 Å². The fourth-order valence-corrected chi connectivity index (χ4v) is 3.63. The Balaban J connectivity index is 1.90. The molecule has 0 radical (unpaired) electrons. The number of anilines is 2. The van der Waals surface area contributed by atoms with Crippen molar-refractivity contribution in [2.75, 3.05) is 30.4 Å². The summed E-state index contributed by atoms with van der Waals surface area (Å²) in [5.41, 5.74) is 5.06. The maximum Gasteiger partial charge on any atom is 0.153 e. The zero-order valence-corrected chi connectivity index (χ0v) is 12.9. The fraction of sp³-hybridized carbons (Fsp3) is 0.714. The summed E-state index contributed by atoms with van der Waals surface area (Å²) >= 11 is 6.26. The number of aromatic nitrogens is 2. The Morgan fingerprint density at radius 1 is 1.52 bits per heavy atom. The highest BCUT2D eigenvalue weighted by molar-refractivity contribution is 6.35. The number of hydrogen-bond acceptors (Lipinski definition) is 6. The van der Waals surface area contributed by atoms with E-state index in [1.165, 1.54) is 6.33 Å². The van der Waals surface area contributed by atoms with E-state index in [4.69, 9.17) is 22.1 Å². The molecule has 3 atom stereocenters. The molecule has 0 unspecified atom stereocenters. The molecular formula is C14H21ClN4O2. The van der Waals surface area contributed by atoms with E-state index in [1.54, 1.807) is 0 Å². The zero-order chi connectivity index (χ0) is 15.0. The van der Waals surface area contributed by atoms with E-state index in [-0.39, 0.29) is 12.0 Å². The molecule has 1 aromatic rings. The Labute approximate surface area is 129 Å². The fourth-order valence-electron chi connectivity index (χ4n) is 3.43. The van der Waals surface area contributed by atoms with Crippen LogP contribution >= 0.6 is 11.6 Å². The van der Waals surface area contributed by atoms with Crippen molar-refractivity contribution in [1.29, 1.82) is 0 Å². The molecule has 3 N–H and O–H groups in total. The Bertz CT molecular complexity index is 526. The van der Waals surface area contributed by atoms with Gasteiger partial charge >= 0.3 is 0 Å². The second-order valence-corrected chi connectivity index (χ2v) is 6.47. The van der Waals surface area contributed by atoms with Crippen molar-refractivity contribution in [3.8, 4) is 0 Å². The third-order valence-electron chi connectivity index (χ3n) is 4.68. The third kappa shape index (κ3) is 2.67. The highest BCUT2D eigenvalue weighted by Gasteiger charge is 2.44. The summed E-state index contributed by atoms with van der Waals surface area (Å²) in [6, 6.07) is 0.159. The molecule has 0 saturated carbocycles. The van der Waals surface area contributed by atoms with Crippen LogP contribution in [0.5, 0.6) is 0 Å². The summed E-state index contributed by atoms with van der Waals surface area (Å²) in [4.78, 5) is 10.4. The molecule has 0 spiro atoms. The van der Waals surface area contributed by atoms with E-state index in [2.05, 4.69) is 14.9 Å². The first-order valence-corrected chi connectivity index (χ1v) is 7.71. The molecule has 7 heteroatoms. The largest absolute Gasteiger partial charge is 0.390 e. The standard InChI is InChI=1S/C14H21ClN4O2/c1-14(20)4-6-21-7-9(14)10-3-2-5-19(10)13-11(15)12(16)17-8-18-13/h8-10,20H,2-7H2,1H3,(H2,16,17,18)/t9-,10-,14+/m1/s1. The monoisotopic (exact) mass is 312 g/mol. The van der Waals surface area contributed by atoms with Gasteiger partial charge in [-0.05, 0) is 26.2 Å². The normalized spacial score (nSPS) is 33.4.